The van der Waals surface area contributed by atoms with E-state index < -0.39 is 23.5 Å². The van der Waals surface area contributed by atoms with Gasteiger partial charge >= 0.3 is 0 Å². The molecule has 1 N–H and O–H groups in total. The molecule has 0 unspecified atom stereocenters. The maximum absolute atomic E-state index is 14.4. The summed E-state index contributed by atoms with van der Waals surface area (Å²) in [4.78, 5) is 7.60. The molecule has 2 aromatic heterocycles. The van der Waals surface area contributed by atoms with Gasteiger partial charge in [-0.1, -0.05) is 6.07 Å². The topological polar surface area (TPSA) is 90.9 Å². The van der Waals surface area contributed by atoms with Crippen LogP contribution in [0.4, 0.5) is 8.78 Å². The Morgan fingerprint density at radius 3 is 2.54 bits per heavy atom. The number of hydrogen-bond donors (Lipinski definition) is 1. The number of hydrogen-bond acceptors (Lipinski definition) is 6. The molecule has 0 bridgehead atoms. The molecule has 126 valence electrons. The van der Waals surface area contributed by atoms with E-state index in [4.69, 9.17) is 4.74 Å². The van der Waals surface area contributed by atoms with Crippen molar-refractivity contribution in [2.75, 3.05) is 7.11 Å². The predicted molar refractivity (Wildman–Crippen MR) is 76.3 cm³/mol. The normalized spacial score (nSPS) is 15.2. The van der Waals surface area contributed by atoms with E-state index in [1.807, 2.05) is 0 Å². The van der Waals surface area contributed by atoms with E-state index in [0.29, 0.717) is 6.07 Å². The molecule has 2 heterocycles. The number of aliphatic hydroxyl groups is 1. The van der Waals surface area contributed by atoms with Crippen molar-refractivity contribution < 1.29 is 18.6 Å². The van der Waals surface area contributed by atoms with Crippen LogP contribution in [0.25, 0.3) is 0 Å². The maximum atomic E-state index is 14.4. The van der Waals surface area contributed by atoms with Gasteiger partial charge in [-0.05, 0) is 6.07 Å². The monoisotopic (exact) mass is 336 g/mol. The summed E-state index contributed by atoms with van der Waals surface area (Å²) in [6.07, 6.45) is 4.08. The van der Waals surface area contributed by atoms with E-state index in [-0.39, 0.29) is 12.1 Å². The van der Waals surface area contributed by atoms with Crippen LogP contribution in [0, 0.1) is 11.6 Å². The van der Waals surface area contributed by atoms with Crippen LogP contribution in [0.3, 0.4) is 0 Å². The molecule has 1 aromatic carbocycles. The van der Waals surface area contributed by atoms with Crippen molar-refractivity contribution in [3.8, 4) is 0 Å². The summed E-state index contributed by atoms with van der Waals surface area (Å²) in [5.74, 6) is -1.67. The summed E-state index contributed by atoms with van der Waals surface area (Å²) in [7, 11) is 1.33. The quantitative estimate of drug-likeness (QED) is 0.719. The minimum Gasteiger partial charge on any atom is -0.378 e. The molecular weight excluding hydrogens is 322 g/mol. The molecule has 2 atom stereocenters. The highest BCUT2D eigenvalue weighted by atomic mass is 19.1. The van der Waals surface area contributed by atoms with Gasteiger partial charge in [0.05, 0.1) is 6.54 Å². The Morgan fingerprint density at radius 1 is 1.21 bits per heavy atom. The zero-order valence-electron chi connectivity index (χ0n) is 12.6. The highest BCUT2D eigenvalue weighted by Gasteiger charge is 2.43. The van der Waals surface area contributed by atoms with E-state index in [0.717, 1.165) is 12.1 Å². The second-order valence-corrected chi connectivity index (χ2v) is 5.11. The average molecular weight is 336 g/mol. The van der Waals surface area contributed by atoms with Crippen LogP contribution in [0.15, 0.2) is 43.5 Å². The van der Waals surface area contributed by atoms with Crippen molar-refractivity contribution in [3.05, 3.63) is 60.7 Å². The SMILES string of the molecule is CO[C@@H](n1cncn1)[C@](O)(Cn1cncn1)c1ccc(F)cc1F. The highest BCUT2D eigenvalue weighted by molar-refractivity contribution is 5.26. The number of methoxy groups -OCH3 is 1. The average Bonchev–Trinajstić information content (AvgIpc) is 3.21. The molecule has 10 heteroatoms. The van der Waals surface area contributed by atoms with E-state index in [1.165, 1.54) is 41.8 Å². The highest BCUT2D eigenvalue weighted by Crippen LogP contribution is 2.36. The standard InChI is InChI=1S/C14H14F2N6O2/c1-24-13(22-9-18-7-20-22)14(23,5-21-8-17-6-19-21)11-3-2-10(15)4-12(11)16/h2-4,6-9,13,23H,5H2,1H3/t13-,14+/m1/s1. The van der Waals surface area contributed by atoms with Crippen molar-refractivity contribution in [2.45, 2.75) is 18.4 Å². The molecular formula is C14H14F2N6O2. The molecule has 0 aliphatic rings. The van der Waals surface area contributed by atoms with Crippen molar-refractivity contribution in [3.63, 3.8) is 0 Å². The number of benzene rings is 1. The van der Waals surface area contributed by atoms with Gasteiger partial charge < -0.3 is 9.84 Å². The van der Waals surface area contributed by atoms with Crippen LogP contribution < -0.4 is 0 Å². The molecule has 0 radical (unpaired) electrons. The van der Waals surface area contributed by atoms with Gasteiger partial charge in [0.15, 0.2) is 11.8 Å². The summed E-state index contributed by atoms with van der Waals surface area (Å²) in [6, 6.07) is 2.90. The maximum Gasteiger partial charge on any atom is 0.186 e. The first kappa shape index (κ1) is 16.1. The Labute approximate surface area is 135 Å². The molecule has 0 aliphatic carbocycles. The summed E-state index contributed by atoms with van der Waals surface area (Å²) in [5.41, 5.74) is -2.12. The van der Waals surface area contributed by atoms with Crippen molar-refractivity contribution >= 4 is 0 Å². The lowest BCUT2D eigenvalue weighted by atomic mass is 9.91. The van der Waals surface area contributed by atoms with Gasteiger partial charge in [0.25, 0.3) is 0 Å². The lowest BCUT2D eigenvalue weighted by molar-refractivity contribution is -0.155. The Kier molecular flexibility index (Phi) is 4.32. The fourth-order valence-corrected chi connectivity index (χ4v) is 2.56. The van der Waals surface area contributed by atoms with Gasteiger partial charge in [-0.2, -0.15) is 10.2 Å². The Morgan fingerprint density at radius 2 is 1.96 bits per heavy atom. The van der Waals surface area contributed by atoms with Crippen molar-refractivity contribution in [1.82, 2.24) is 29.5 Å². The number of halogens is 2. The number of nitrogens with zero attached hydrogens (tertiary/aromatic N) is 6. The molecule has 3 rings (SSSR count). The second kappa shape index (κ2) is 6.42. The Hall–Kier alpha value is -2.72. The van der Waals surface area contributed by atoms with Gasteiger partial charge in [0.1, 0.15) is 36.9 Å². The molecule has 24 heavy (non-hydrogen) atoms. The third-order valence-electron chi connectivity index (χ3n) is 3.58. The third kappa shape index (κ3) is 2.88. The van der Waals surface area contributed by atoms with Crippen LogP contribution in [-0.4, -0.2) is 41.7 Å². The summed E-state index contributed by atoms with van der Waals surface area (Å²) in [6.45, 7) is -0.200. The second-order valence-electron chi connectivity index (χ2n) is 5.11. The van der Waals surface area contributed by atoms with E-state index in [1.54, 1.807) is 0 Å². The van der Waals surface area contributed by atoms with Crippen LogP contribution in [0.5, 0.6) is 0 Å². The lowest BCUT2D eigenvalue weighted by Gasteiger charge is -2.35. The molecule has 8 nitrogen and oxygen atoms in total. The largest absolute Gasteiger partial charge is 0.378 e. The zero-order valence-corrected chi connectivity index (χ0v) is 12.6. The van der Waals surface area contributed by atoms with Gasteiger partial charge in [0, 0.05) is 18.7 Å². The first-order valence-corrected chi connectivity index (χ1v) is 6.92. The first-order chi connectivity index (χ1) is 11.5. The third-order valence-corrected chi connectivity index (χ3v) is 3.58. The van der Waals surface area contributed by atoms with Crippen molar-refractivity contribution in [1.29, 1.82) is 0 Å². The van der Waals surface area contributed by atoms with E-state index in [2.05, 4.69) is 20.2 Å². The molecule has 0 aliphatic heterocycles. The molecule has 0 saturated heterocycles. The van der Waals surface area contributed by atoms with E-state index >= 15 is 0 Å². The fourth-order valence-electron chi connectivity index (χ4n) is 2.56. The minimum absolute atomic E-state index is 0.165. The van der Waals surface area contributed by atoms with Crippen LogP contribution in [-0.2, 0) is 16.9 Å². The van der Waals surface area contributed by atoms with Gasteiger partial charge in [-0.15, -0.1) is 0 Å². The Bertz CT molecular complexity index is 796. The molecule has 0 fully saturated rings. The number of rotatable bonds is 6. The Balaban J connectivity index is 2.12. The predicted octanol–water partition coefficient (Wildman–Crippen LogP) is 0.881. The summed E-state index contributed by atoms with van der Waals surface area (Å²) in [5, 5.41) is 19.1. The first-order valence-electron chi connectivity index (χ1n) is 6.92. The minimum atomic E-state index is -1.95. The van der Waals surface area contributed by atoms with Crippen molar-refractivity contribution in [2.24, 2.45) is 0 Å². The number of ether oxygens (including phenoxy) is 1. The summed E-state index contributed by atoms with van der Waals surface area (Å²) >= 11 is 0. The van der Waals surface area contributed by atoms with Crippen LogP contribution in [0.1, 0.15) is 11.8 Å². The number of aromatic nitrogens is 6. The summed E-state index contributed by atoms with van der Waals surface area (Å²) < 4.78 is 35.5. The van der Waals surface area contributed by atoms with Gasteiger partial charge in [-0.3, -0.25) is 0 Å². The molecule has 0 spiro atoms. The molecule has 0 saturated carbocycles. The van der Waals surface area contributed by atoms with Crippen LogP contribution >= 0.6 is 0 Å². The molecule has 0 amide bonds. The van der Waals surface area contributed by atoms with Gasteiger partial charge in [-0.25, -0.2) is 28.1 Å². The van der Waals surface area contributed by atoms with Crippen LogP contribution in [0.2, 0.25) is 0 Å². The smallest absolute Gasteiger partial charge is 0.186 e. The lowest BCUT2D eigenvalue weighted by Crippen LogP contribution is -2.43. The van der Waals surface area contributed by atoms with Gasteiger partial charge in [0.2, 0.25) is 0 Å². The zero-order chi connectivity index (χ0) is 17.2. The fraction of sp³-hybridized carbons (Fsp3) is 0.286. The molecule has 3 aromatic rings. The van der Waals surface area contributed by atoms with E-state index in [9.17, 15) is 13.9 Å².